The number of fused-ring (bicyclic) bond motifs is 1. The smallest absolute Gasteiger partial charge is 0.357 e. The van der Waals surface area contributed by atoms with Crippen LogP contribution in [0.15, 0.2) is 60.7 Å². The number of carbonyl (C=O) groups is 1. The fraction of sp³-hybridized carbons (Fsp3) is 0.259. The molecule has 0 saturated carbocycles. The highest BCUT2D eigenvalue weighted by molar-refractivity contribution is 6.00. The molecule has 1 saturated heterocycles. The highest BCUT2D eigenvalue weighted by Gasteiger charge is 2.23. The van der Waals surface area contributed by atoms with Crippen LogP contribution in [0.1, 0.15) is 29.5 Å². The van der Waals surface area contributed by atoms with Crippen molar-refractivity contribution in [1.29, 1.82) is 5.26 Å². The van der Waals surface area contributed by atoms with Crippen LogP contribution in [0.2, 0.25) is 0 Å². The van der Waals surface area contributed by atoms with Crippen molar-refractivity contribution in [2.45, 2.75) is 20.3 Å². The molecule has 0 radical (unpaired) electrons. The molecule has 4 aromatic rings. The average molecular weight is 452 g/mol. The minimum atomic E-state index is -0.458. The Bertz CT molecular complexity index is 1390. The molecule has 1 unspecified atom stereocenters. The van der Waals surface area contributed by atoms with Crippen LogP contribution in [0.3, 0.4) is 0 Å². The molecular weight excluding hydrogens is 426 g/mol. The number of hydrogen-bond acceptors (Lipinski definition) is 6. The summed E-state index contributed by atoms with van der Waals surface area (Å²) in [5, 5.41) is 14.9. The zero-order chi connectivity index (χ0) is 23.7. The van der Waals surface area contributed by atoms with E-state index in [4.69, 9.17) is 9.84 Å². The lowest BCUT2D eigenvalue weighted by Gasteiger charge is -2.18. The van der Waals surface area contributed by atoms with E-state index in [9.17, 15) is 10.1 Å². The molecule has 3 heterocycles. The van der Waals surface area contributed by atoms with Crippen molar-refractivity contribution in [3.63, 3.8) is 0 Å². The molecule has 0 aliphatic carbocycles. The number of carbonyl (C=O) groups excluding carboxylic acids is 1. The maximum Gasteiger partial charge on any atom is 0.357 e. The zero-order valence-electron chi connectivity index (χ0n) is 19.2. The average Bonchev–Trinajstić information content (AvgIpc) is 3.49. The van der Waals surface area contributed by atoms with Gasteiger partial charge in [-0.1, -0.05) is 30.3 Å². The fourth-order valence-corrected chi connectivity index (χ4v) is 4.53. The molecule has 5 rings (SSSR count). The van der Waals surface area contributed by atoms with Gasteiger partial charge in [0.1, 0.15) is 0 Å². The van der Waals surface area contributed by atoms with Crippen LogP contribution in [0.4, 0.5) is 5.69 Å². The number of esters is 1. The molecule has 1 atom stereocenters. The van der Waals surface area contributed by atoms with Crippen molar-refractivity contribution in [3.8, 4) is 22.9 Å². The van der Waals surface area contributed by atoms with Crippen LogP contribution in [-0.2, 0) is 4.74 Å². The number of para-hydroxylation sites is 1. The highest BCUT2D eigenvalue weighted by atomic mass is 16.5. The molecule has 2 aromatic heterocycles. The molecule has 1 fully saturated rings. The van der Waals surface area contributed by atoms with Gasteiger partial charge in [0.2, 0.25) is 0 Å². The van der Waals surface area contributed by atoms with Crippen molar-refractivity contribution < 1.29 is 9.53 Å². The molecule has 170 valence electrons. The topological polar surface area (TPSA) is 84.0 Å². The van der Waals surface area contributed by atoms with Crippen LogP contribution in [-0.4, -0.2) is 40.4 Å². The molecule has 0 N–H and O–H groups in total. The predicted molar refractivity (Wildman–Crippen MR) is 131 cm³/mol. The van der Waals surface area contributed by atoms with Crippen LogP contribution in [0, 0.1) is 24.2 Å². The number of rotatable bonds is 5. The lowest BCUT2D eigenvalue weighted by atomic mass is 10.0. The quantitative estimate of drug-likeness (QED) is 0.400. The third kappa shape index (κ3) is 3.88. The van der Waals surface area contributed by atoms with E-state index >= 15 is 0 Å². The first-order valence-corrected chi connectivity index (χ1v) is 11.5. The maximum absolute atomic E-state index is 12.7. The van der Waals surface area contributed by atoms with Crippen molar-refractivity contribution in [1.82, 2.24) is 14.8 Å². The molecule has 0 amide bonds. The van der Waals surface area contributed by atoms with Crippen molar-refractivity contribution in [2.24, 2.45) is 5.92 Å². The van der Waals surface area contributed by atoms with Crippen LogP contribution >= 0.6 is 0 Å². The number of benzene rings is 2. The van der Waals surface area contributed by atoms with Gasteiger partial charge in [0, 0.05) is 18.8 Å². The fourth-order valence-electron chi connectivity index (χ4n) is 4.53. The van der Waals surface area contributed by atoms with Gasteiger partial charge in [0.05, 0.1) is 35.4 Å². The summed E-state index contributed by atoms with van der Waals surface area (Å²) in [5.74, 6) is -0.376. The minimum Gasteiger partial charge on any atom is -0.461 e. The Morgan fingerprint density at radius 2 is 1.91 bits per heavy atom. The van der Waals surface area contributed by atoms with E-state index in [1.165, 1.54) is 0 Å². The predicted octanol–water partition coefficient (Wildman–Crippen LogP) is 4.92. The molecule has 0 bridgehead atoms. The SMILES string of the molecule is CCOC(=O)c1cc(-c2ccc(N3CCC(C#N)C3)cc2)c2c(C)nn(-c3ccccc3)c2n1. The Morgan fingerprint density at radius 1 is 1.15 bits per heavy atom. The van der Waals surface area contributed by atoms with Crippen molar-refractivity contribution >= 4 is 22.7 Å². The second-order valence-corrected chi connectivity index (χ2v) is 8.41. The molecule has 1 aliphatic heterocycles. The van der Waals surface area contributed by atoms with Crippen LogP contribution < -0.4 is 4.90 Å². The van der Waals surface area contributed by atoms with Gasteiger partial charge in [-0.2, -0.15) is 10.4 Å². The molecule has 2 aromatic carbocycles. The van der Waals surface area contributed by atoms with Crippen LogP contribution in [0.5, 0.6) is 0 Å². The number of aryl methyl sites for hydroxylation is 1. The van der Waals surface area contributed by atoms with E-state index in [0.29, 0.717) is 5.65 Å². The van der Waals surface area contributed by atoms with Gasteiger partial charge in [-0.05, 0) is 61.7 Å². The summed E-state index contributed by atoms with van der Waals surface area (Å²) in [5.41, 5.74) is 5.51. The minimum absolute atomic E-state index is 0.0816. The molecule has 34 heavy (non-hydrogen) atoms. The number of anilines is 1. The second kappa shape index (κ2) is 8.99. The van der Waals surface area contributed by atoms with Crippen molar-refractivity contribution in [3.05, 3.63) is 72.1 Å². The summed E-state index contributed by atoms with van der Waals surface area (Å²) in [4.78, 5) is 19.6. The number of nitrogens with zero attached hydrogens (tertiary/aromatic N) is 5. The maximum atomic E-state index is 12.7. The zero-order valence-corrected chi connectivity index (χ0v) is 19.2. The summed E-state index contributed by atoms with van der Waals surface area (Å²) < 4.78 is 7.04. The van der Waals surface area contributed by atoms with Gasteiger partial charge in [-0.15, -0.1) is 0 Å². The first-order chi connectivity index (χ1) is 16.6. The lowest BCUT2D eigenvalue weighted by Crippen LogP contribution is -2.18. The van der Waals surface area contributed by atoms with E-state index in [1.54, 1.807) is 17.7 Å². The Kier molecular flexibility index (Phi) is 5.72. The second-order valence-electron chi connectivity index (χ2n) is 8.41. The molecular formula is C27H25N5O2. The van der Waals surface area contributed by atoms with Crippen molar-refractivity contribution in [2.75, 3.05) is 24.6 Å². The first kappa shape index (κ1) is 21.7. The van der Waals surface area contributed by atoms with E-state index in [0.717, 1.165) is 53.1 Å². The number of hydrogen-bond donors (Lipinski definition) is 0. The third-order valence-corrected chi connectivity index (χ3v) is 6.21. The summed E-state index contributed by atoms with van der Waals surface area (Å²) in [6, 6.07) is 22.2. The van der Waals surface area contributed by atoms with Gasteiger partial charge in [0.25, 0.3) is 0 Å². The Balaban J connectivity index is 1.63. The highest BCUT2D eigenvalue weighted by Crippen LogP contribution is 2.34. The van der Waals surface area contributed by atoms with Gasteiger partial charge in [0.15, 0.2) is 11.3 Å². The molecule has 7 nitrogen and oxygen atoms in total. The van der Waals surface area contributed by atoms with E-state index in [-0.39, 0.29) is 18.2 Å². The Hall–Kier alpha value is -4.18. The number of nitriles is 1. The number of ether oxygens (including phenoxy) is 1. The van der Waals surface area contributed by atoms with Gasteiger partial charge < -0.3 is 9.64 Å². The Labute approximate surface area is 198 Å². The Morgan fingerprint density at radius 3 is 2.59 bits per heavy atom. The standard InChI is InChI=1S/C27H25N5O2/c1-3-34-27(33)24-15-23(20-9-11-21(12-10-20)31-14-13-19(16-28)17-31)25-18(2)30-32(26(25)29-24)22-7-5-4-6-8-22/h4-12,15,19H,3,13-14,17H2,1-2H3. The molecule has 0 spiro atoms. The van der Waals surface area contributed by atoms with Gasteiger partial charge in [-0.25, -0.2) is 14.5 Å². The summed E-state index contributed by atoms with van der Waals surface area (Å²) in [6.07, 6.45) is 0.893. The largest absolute Gasteiger partial charge is 0.461 e. The summed E-state index contributed by atoms with van der Waals surface area (Å²) in [7, 11) is 0. The van der Waals surface area contributed by atoms with E-state index in [2.05, 4.69) is 40.2 Å². The van der Waals surface area contributed by atoms with Crippen LogP contribution in [0.25, 0.3) is 27.8 Å². The lowest BCUT2D eigenvalue weighted by molar-refractivity contribution is 0.0520. The van der Waals surface area contributed by atoms with Gasteiger partial charge >= 0.3 is 5.97 Å². The summed E-state index contributed by atoms with van der Waals surface area (Å²) in [6.45, 7) is 5.65. The third-order valence-electron chi connectivity index (χ3n) is 6.21. The summed E-state index contributed by atoms with van der Waals surface area (Å²) >= 11 is 0. The normalized spacial score (nSPS) is 15.4. The van der Waals surface area contributed by atoms with Gasteiger partial charge in [-0.3, -0.25) is 0 Å². The molecule has 7 heteroatoms. The first-order valence-electron chi connectivity index (χ1n) is 11.5. The van der Waals surface area contributed by atoms with E-state index < -0.39 is 5.97 Å². The molecule has 1 aliphatic rings. The monoisotopic (exact) mass is 451 g/mol. The van der Waals surface area contributed by atoms with E-state index in [1.807, 2.05) is 37.3 Å². The number of pyridine rings is 1. The number of aromatic nitrogens is 3.